The van der Waals surface area contributed by atoms with Crippen molar-refractivity contribution in [2.75, 3.05) is 4.90 Å². The quantitative estimate of drug-likeness (QED) is 0.333. The summed E-state index contributed by atoms with van der Waals surface area (Å²) in [4.78, 5) is 18.4. The van der Waals surface area contributed by atoms with Gasteiger partial charge in [-0.1, -0.05) is 29.3 Å². The molecule has 7 nitrogen and oxygen atoms in total. The van der Waals surface area contributed by atoms with Gasteiger partial charge in [0.05, 0.1) is 28.7 Å². The van der Waals surface area contributed by atoms with Crippen LogP contribution in [-0.4, -0.2) is 39.4 Å². The standard InChI is InChI=1S/C30H34FN3O4S/c31-23-11-17(28(35)36)12-24-26(23)32-29(39-24)34-18-6-7-19(34)14-20(13-18)37-15-21-25(33-38-27(21)16-4-5-16)22-3-1-2-8-30(22)9-10-30/h11-12,16,18-20,22H,1-10,13-15H2,(H,35,36)/t18-,19+,20?,22?. The third kappa shape index (κ3) is 4.10. The van der Waals surface area contributed by atoms with Gasteiger partial charge in [0.1, 0.15) is 11.3 Å². The summed E-state index contributed by atoms with van der Waals surface area (Å²) in [5.41, 5.74) is 3.15. The molecule has 5 aliphatic rings. The first kappa shape index (κ1) is 24.3. The number of hydrogen-bond acceptors (Lipinski definition) is 7. The number of aromatic carboxylic acids is 1. The number of hydrogen-bond donors (Lipinski definition) is 1. The molecule has 3 aliphatic carbocycles. The second-order valence-corrected chi connectivity index (χ2v) is 13.7. The highest BCUT2D eigenvalue weighted by molar-refractivity contribution is 7.22. The number of carbonyl (C=O) groups is 1. The van der Waals surface area contributed by atoms with E-state index in [9.17, 15) is 14.3 Å². The Balaban J connectivity index is 1.00. The fraction of sp³-hybridized carbons (Fsp3) is 0.633. The third-order valence-electron chi connectivity index (χ3n) is 10.2. The lowest BCUT2D eigenvalue weighted by Crippen LogP contribution is -2.45. The van der Waals surface area contributed by atoms with E-state index >= 15 is 0 Å². The van der Waals surface area contributed by atoms with Gasteiger partial charge in [-0.25, -0.2) is 14.2 Å². The van der Waals surface area contributed by atoms with Gasteiger partial charge in [-0.05, 0) is 81.8 Å². The zero-order valence-corrected chi connectivity index (χ0v) is 22.9. The van der Waals surface area contributed by atoms with Gasteiger partial charge in [0, 0.05) is 29.5 Å². The Labute approximate surface area is 230 Å². The van der Waals surface area contributed by atoms with Gasteiger partial charge in [0.25, 0.3) is 0 Å². The van der Waals surface area contributed by atoms with E-state index in [0.29, 0.717) is 40.6 Å². The predicted molar refractivity (Wildman–Crippen MR) is 145 cm³/mol. The van der Waals surface area contributed by atoms with Gasteiger partial charge in [0.2, 0.25) is 0 Å². The van der Waals surface area contributed by atoms with Crippen LogP contribution in [0.5, 0.6) is 0 Å². The Kier molecular flexibility index (Phi) is 5.60. The van der Waals surface area contributed by atoms with Crippen LogP contribution < -0.4 is 4.90 Å². The number of halogens is 1. The number of aromatic nitrogens is 2. The van der Waals surface area contributed by atoms with Crippen LogP contribution in [0.15, 0.2) is 16.7 Å². The van der Waals surface area contributed by atoms with Crippen LogP contribution >= 0.6 is 11.3 Å². The molecule has 2 bridgehead atoms. The van der Waals surface area contributed by atoms with Crippen molar-refractivity contribution in [3.05, 3.63) is 40.5 Å². The van der Waals surface area contributed by atoms with Gasteiger partial charge in [-0.2, -0.15) is 0 Å². The summed E-state index contributed by atoms with van der Waals surface area (Å²) in [6.45, 7) is 0.589. The van der Waals surface area contributed by atoms with Crippen LogP contribution in [0.3, 0.4) is 0 Å². The summed E-state index contributed by atoms with van der Waals surface area (Å²) in [5, 5.41) is 14.8. The number of piperidine rings is 1. The van der Waals surface area contributed by atoms with E-state index in [4.69, 9.17) is 14.4 Å². The fourth-order valence-electron chi connectivity index (χ4n) is 7.90. The van der Waals surface area contributed by atoms with Gasteiger partial charge < -0.3 is 19.3 Å². The number of rotatable bonds is 7. The second kappa shape index (κ2) is 8.99. The van der Waals surface area contributed by atoms with Crippen molar-refractivity contribution in [2.24, 2.45) is 5.41 Å². The molecule has 5 fully saturated rings. The van der Waals surface area contributed by atoms with Crippen LogP contribution in [0.25, 0.3) is 10.2 Å². The zero-order valence-electron chi connectivity index (χ0n) is 22.0. The van der Waals surface area contributed by atoms with Gasteiger partial charge in [0.15, 0.2) is 10.9 Å². The Morgan fingerprint density at radius 3 is 2.64 bits per heavy atom. The van der Waals surface area contributed by atoms with Crippen molar-refractivity contribution in [1.29, 1.82) is 0 Å². The van der Waals surface area contributed by atoms with Gasteiger partial charge >= 0.3 is 5.97 Å². The summed E-state index contributed by atoms with van der Waals surface area (Å²) >= 11 is 1.40. The molecule has 2 aromatic heterocycles. The van der Waals surface area contributed by atoms with Crippen molar-refractivity contribution >= 4 is 32.7 Å². The first-order valence-corrected chi connectivity index (χ1v) is 15.5. The maximum absolute atomic E-state index is 14.6. The third-order valence-corrected chi connectivity index (χ3v) is 11.3. The number of fused-ring (bicyclic) bond motifs is 3. The van der Waals surface area contributed by atoms with E-state index in [0.717, 1.165) is 42.6 Å². The van der Waals surface area contributed by atoms with Crippen LogP contribution in [0.1, 0.15) is 116 Å². The summed E-state index contributed by atoms with van der Waals surface area (Å²) in [5.74, 6) is 0.437. The highest BCUT2D eigenvalue weighted by atomic mass is 32.1. The van der Waals surface area contributed by atoms with Crippen molar-refractivity contribution in [1.82, 2.24) is 10.1 Å². The predicted octanol–water partition coefficient (Wildman–Crippen LogP) is 7.15. The Morgan fingerprint density at radius 2 is 1.92 bits per heavy atom. The molecule has 39 heavy (non-hydrogen) atoms. The number of anilines is 1. The Bertz CT molecular complexity index is 1430. The molecule has 0 radical (unpaired) electrons. The minimum atomic E-state index is -1.12. The molecule has 3 aromatic rings. The van der Waals surface area contributed by atoms with E-state index in [1.54, 1.807) is 0 Å². The highest BCUT2D eigenvalue weighted by Gasteiger charge is 2.53. The molecule has 8 rings (SSSR count). The van der Waals surface area contributed by atoms with Crippen molar-refractivity contribution < 1.29 is 23.6 Å². The molecule has 1 aromatic carbocycles. The summed E-state index contributed by atoms with van der Waals surface area (Å²) < 4.78 is 27.9. The molecule has 4 atom stereocenters. The Morgan fingerprint density at radius 1 is 1.13 bits per heavy atom. The van der Waals surface area contributed by atoms with E-state index in [2.05, 4.69) is 9.88 Å². The average molecular weight is 552 g/mol. The van der Waals surface area contributed by atoms with E-state index in [1.807, 2.05) is 0 Å². The molecule has 206 valence electrons. The van der Waals surface area contributed by atoms with Gasteiger partial charge in [-0.15, -0.1) is 0 Å². The molecule has 2 aliphatic heterocycles. The normalized spacial score (nSPS) is 29.4. The lowest BCUT2D eigenvalue weighted by Gasteiger charge is -2.38. The molecule has 0 amide bonds. The maximum Gasteiger partial charge on any atom is 0.335 e. The van der Waals surface area contributed by atoms with E-state index in [1.165, 1.54) is 80.0 Å². The first-order valence-electron chi connectivity index (χ1n) is 14.7. The summed E-state index contributed by atoms with van der Waals surface area (Å²) in [7, 11) is 0. The zero-order chi connectivity index (χ0) is 26.3. The van der Waals surface area contributed by atoms with Gasteiger partial charge in [-0.3, -0.25) is 0 Å². The molecular weight excluding hydrogens is 517 g/mol. The van der Waals surface area contributed by atoms with Crippen LogP contribution in [-0.2, 0) is 11.3 Å². The van der Waals surface area contributed by atoms with Crippen molar-refractivity contribution in [3.8, 4) is 0 Å². The first-order chi connectivity index (χ1) is 19.0. The molecule has 1 spiro atoms. The molecule has 4 heterocycles. The van der Waals surface area contributed by atoms with Crippen LogP contribution in [0.2, 0.25) is 0 Å². The summed E-state index contributed by atoms with van der Waals surface area (Å²) in [6.07, 6.45) is 14.4. The molecule has 9 heteroatoms. The largest absolute Gasteiger partial charge is 0.478 e. The minimum Gasteiger partial charge on any atom is -0.478 e. The van der Waals surface area contributed by atoms with Crippen LogP contribution in [0.4, 0.5) is 9.52 Å². The molecule has 2 saturated heterocycles. The number of carboxylic acids is 1. The lowest BCUT2D eigenvalue weighted by molar-refractivity contribution is 0.0139. The van der Waals surface area contributed by atoms with E-state index < -0.39 is 11.8 Å². The maximum atomic E-state index is 14.6. The number of nitrogens with zero attached hydrogens (tertiary/aromatic N) is 3. The fourth-order valence-corrected chi connectivity index (χ4v) is 9.06. The number of ether oxygens (including phenoxy) is 1. The Hall–Kier alpha value is -2.52. The number of thiazole rings is 1. The molecular formula is C30H34FN3O4S. The molecule has 3 saturated carbocycles. The smallest absolute Gasteiger partial charge is 0.335 e. The molecule has 1 N–H and O–H groups in total. The second-order valence-electron chi connectivity index (χ2n) is 12.6. The lowest BCUT2D eigenvalue weighted by atomic mass is 9.73. The SMILES string of the molecule is O=C(O)c1cc(F)c2nc(N3[C@@H]4CC[C@H]3CC(OCc3c(C5CCCCC56CC6)noc3C3CC3)C4)sc2c1. The molecule has 2 unspecified atom stereocenters. The minimum absolute atomic E-state index is 0.0372. The number of carboxylic acid groups (broad SMARTS) is 1. The topological polar surface area (TPSA) is 88.7 Å². The highest BCUT2D eigenvalue weighted by Crippen LogP contribution is 2.63. The van der Waals surface area contributed by atoms with E-state index in [-0.39, 0.29) is 17.2 Å². The average Bonchev–Trinajstić information content (AvgIpc) is 3.80. The van der Waals surface area contributed by atoms with Crippen molar-refractivity contribution in [3.63, 3.8) is 0 Å². The number of benzene rings is 1. The summed E-state index contributed by atoms with van der Waals surface area (Å²) in [6, 6.07) is 3.20. The monoisotopic (exact) mass is 551 g/mol. The van der Waals surface area contributed by atoms with Crippen molar-refractivity contribution in [2.45, 2.75) is 114 Å². The van der Waals surface area contributed by atoms with Crippen LogP contribution in [0, 0.1) is 11.2 Å².